The Balaban J connectivity index is 1.83. The predicted molar refractivity (Wildman–Crippen MR) is 89.9 cm³/mol. The molecular weight excluding hydrogens is 326 g/mol. The van der Waals surface area contributed by atoms with E-state index in [2.05, 4.69) is 52.1 Å². The van der Waals surface area contributed by atoms with Crippen molar-refractivity contribution in [2.45, 2.75) is 18.9 Å². The molecule has 0 radical (unpaired) electrons. The molecule has 0 amide bonds. The number of hydrogen-bond acceptors (Lipinski definition) is 2. The molecule has 2 nitrogen and oxygen atoms in total. The topological polar surface area (TPSA) is 22.1 Å². The highest BCUT2D eigenvalue weighted by atomic mass is 79.9. The Hall–Kier alpha value is -1.87. The fraction of sp³-hybridized carbons (Fsp3) is 0.167. The summed E-state index contributed by atoms with van der Waals surface area (Å²) in [4.78, 5) is 4.64. The Morgan fingerprint density at radius 2 is 1.86 bits per heavy atom. The molecule has 3 aromatic rings. The Kier molecular flexibility index (Phi) is 4.20. The van der Waals surface area contributed by atoms with Crippen LogP contribution in [0.1, 0.15) is 16.8 Å². The zero-order valence-corrected chi connectivity index (χ0v) is 13.4. The molecule has 0 atom stereocenters. The SMILES string of the molecule is Cc1cccc(CBr)c1OCc1ccc2ccccc2n1. The van der Waals surface area contributed by atoms with Crippen LogP contribution in [0.25, 0.3) is 10.9 Å². The molecule has 0 fully saturated rings. The lowest BCUT2D eigenvalue weighted by atomic mass is 10.1. The Bertz CT molecular complexity index is 770. The summed E-state index contributed by atoms with van der Waals surface area (Å²) in [6.45, 7) is 2.55. The van der Waals surface area contributed by atoms with E-state index in [-0.39, 0.29) is 0 Å². The molecule has 0 bridgehead atoms. The first kappa shape index (κ1) is 14.1. The third-order valence-corrected chi connectivity index (χ3v) is 4.06. The summed E-state index contributed by atoms with van der Waals surface area (Å²) in [6.07, 6.45) is 0. The third kappa shape index (κ3) is 3.08. The van der Waals surface area contributed by atoms with Crippen molar-refractivity contribution < 1.29 is 4.74 Å². The maximum Gasteiger partial charge on any atom is 0.130 e. The van der Waals surface area contributed by atoms with Gasteiger partial charge in [-0.2, -0.15) is 0 Å². The van der Waals surface area contributed by atoms with Crippen LogP contribution in [-0.4, -0.2) is 4.98 Å². The molecule has 0 aliphatic carbocycles. The van der Waals surface area contributed by atoms with Gasteiger partial charge in [0.25, 0.3) is 0 Å². The monoisotopic (exact) mass is 341 g/mol. The minimum absolute atomic E-state index is 0.482. The molecule has 1 aromatic heterocycles. The number of halogens is 1. The largest absolute Gasteiger partial charge is 0.487 e. The maximum atomic E-state index is 6.00. The van der Waals surface area contributed by atoms with Gasteiger partial charge in [-0.25, -0.2) is 4.98 Å². The van der Waals surface area contributed by atoms with E-state index in [4.69, 9.17) is 4.74 Å². The summed E-state index contributed by atoms with van der Waals surface area (Å²) in [5.41, 5.74) is 4.25. The lowest BCUT2D eigenvalue weighted by molar-refractivity contribution is 0.297. The van der Waals surface area contributed by atoms with E-state index in [0.717, 1.165) is 38.8 Å². The predicted octanol–water partition coefficient (Wildman–Crippen LogP) is 5.02. The molecule has 0 aliphatic heterocycles. The number of aryl methyl sites for hydroxylation is 1. The van der Waals surface area contributed by atoms with Crippen LogP contribution in [0, 0.1) is 6.92 Å². The Morgan fingerprint density at radius 1 is 1.00 bits per heavy atom. The van der Waals surface area contributed by atoms with Crippen LogP contribution in [0.2, 0.25) is 0 Å². The van der Waals surface area contributed by atoms with Gasteiger partial charge < -0.3 is 4.74 Å². The van der Waals surface area contributed by atoms with E-state index in [9.17, 15) is 0 Å². The number of benzene rings is 2. The molecular formula is C18H16BrNO. The van der Waals surface area contributed by atoms with E-state index in [0.29, 0.717) is 6.61 Å². The second-order valence-corrected chi connectivity index (χ2v) is 5.54. The molecule has 0 saturated heterocycles. The van der Waals surface area contributed by atoms with Crippen LogP contribution in [-0.2, 0) is 11.9 Å². The first-order valence-electron chi connectivity index (χ1n) is 6.90. The molecule has 106 valence electrons. The Morgan fingerprint density at radius 3 is 2.71 bits per heavy atom. The molecule has 3 rings (SSSR count). The van der Waals surface area contributed by atoms with Crippen molar-refractivity contribution in [1.29, 1.82) is 0 Å². The van der Waals surface area contributed by atoms with Crippen molar-refractivity contribution in [3.63, 3.8) is 0 Å². The number of pyridine rings is 1. The number of rotatable bonds is 4. The quantitative estimate of drug-likeness (QED) is 0.621. The number of alkyl halides is 1. The minimum atomic E-state index is 0.482. The van der Waals surface area contributed by atoms with E-state index in [1.54, 1.807) is 0 Å². The van der Waals surface area contributed by atoms with E-state index >= 15 is 0 Å². The van der Waals surface area contributed by atoms with Crippen molar-refractivity contribution >= 4 is 26.8 Å². The number of hydrogen-bond donors (Lipinski definition) is 0. The van der Waals surface area contributed by atoms with E-state index in [1.807, 2.05) is 30.3 Å². The van der Waals surface area contributed by atoms with Gasteiger partial charge in [-0.1, -0.05) is 58.4 Å². The van der Waals surface area contributed by atoms with Gasteiger partial charge >= 0.3 is 0 Å². The lowest BCUT2D eigenvalue weighted by Crippen LogP contribution is -2.01. The van der Waals surface area contributed by atoms with Crippen LogP contribution in [0.15, 0.2) is 54.6 Å². The fourth-order valence-electron chi connectivity index (χ4n) is 2.36. The van der Waals surface area contributed by atoms with Gasteiger partial charge in [0.15, 0.2) is 0 Å². The molecule has 0 aliphatic rings. The van der Waals surface area contributed by atoms with Gasteiger partial charge in [0, 0.05) is 16.3 Å². The summed E-state index contributed by atoms with van der Waals surface area (Å²) in [6, 6.07) is 18.4. The van der Waals surface area contributed by atoms with Crippen LogP contribution < -0.4 is 4.74 Å². The molecule has 0 unspecified atom stereocenters. The van der Waals surface area contributed by atoms with Gasteiger partial charge in [0.05, 0.1) is 11.2 Å². The average molecular weight is 342 g/mol. The highest BCUT2D eigenvalue weighted by Crippen LogP contribution is 2.26. The summed E-state index contributed by atoms with van der Waals surface area (Å²) in [5.74, 6) is 0.948. The van der Waals surface area contributed by atoms with Crippen molar-refractivity contribution in [1.82, 2.24) is 4.98 Å². The summed E-state index contributed by atoms with van der Waals surface area (Å²) < 4.78 is 6.00. The zero-order valence-electron chi connectivity index (χ0n) is 11.8. The van der Waals surface area contributed by atoms with Crippen molar-refractivity contribution in [3.8, 4) is 5.75 Å². The van der Waals surface area contributed by atoms with Gasteiger partial charge in [-0.15, -0.1) is 0 Å². The van der Waals surface area contributed by atoms with Crippen LogP contribution in [0.4, 0.5) is 0 Å². The van der Waals surface area contributed by atoms with Crippen LogP contribution in [0.5, 0.6) is 5.75 Å². The average Bonchev–Trinajstić information content (AvgIpc) is 2.53. The Labute approximate surface area is 132 Å². The molecule has 21 heavy (non-hydrogen) atoms. The van der Waals surface area contributed by atoms with Gasteiger partial charge in [0.2, 0.25) is 0 Å². The summed E-state index contributed by atoms with van der Waals surface area (Å²) in [5, 5.41) is 1.94. The van der Waals surface area contributed by atoms with Crippen LogP contribution in [0.3, 0.4) is 0 Å². The highest BCUT2D eigenvalue weighted by molar-refractivity contribution is 9.08. The second kappa shape index (κ2) is 6.27. The smallest absolute Gasteiger partial charge is 0.130 e. The zero-order chi connectivity index (χ0) is 14.7. The van der Waals surface area contributed by atoms with Crippen molar-refractivity contribution in [3.05, 3.63) is 71.4 Å². The summed E-state index contributed by atoms with van der Waals surface area (Å²) in [7, 11) is 0. The number of aromatic nitrogens is 1. The molecule has 0 spiro atoms. The van der Waals surface area contributed by atoms with Crippen LogP contribution >= 0.6 is 15.9 Å². The van der Waals surface area contributed by atoms with Gasteiger partial charge in [-0.05, 0) is 24.6 Å². The number of ether oxygens (including phenoxy) is 1. The molecule has 1 heterocycles. The number of nitrogens with zero attached hydrogens (tertiary/aromatic N) is 1. The van der Waals surface area contributed by atoms with Crippen molar-refractivity contribution in [2.24, 2.45) is 0 Å². The second-order valence-electron chi connectivity index (χ2n) is 4.98. The maximum absolute atomic E-state index is 6.00. The van der Waals surface area contributed by atoms with E-state index in [1.165, 1.54) is 0 Å². The minimum Gasteiger partial charge on any atom is -0.487 e. The standard InChI is InChI=1S/C18H16BrNO/c1-13-5-4-7-15(11-19)18(13)21-12-16-10-9-14-6-2-3-8-17(14)20-16/h2-10H,11-12H2,1H3. The van der Waals surface area contributed by atoms with Gasteiger partial charge in [-0.3, -0.25) is 0 Å². The third-order valence-electron chi connectivity index (χ3n) is 3.46. The molecule has 0 N–H and O–H groups in total. The first-order valence-corrected chi connectivity index (χ1v) is 8.02. The normalized spacial score (nSPS) is 10.8. The molecule has 0 saturated carbocycles. The lowest BCUT2D eigenvalue weighted by Gasteiger charge is -2.12. The first-order chi connectivity index (χ1) is 10.3. The fourth-order valence-corrected chi connectivity index (χ4v) is 2.80. The molecule has 3 heteroatoms. The van der Waals surface area contributed by atoms with Gasteiger partial charge in [0.1, 0.15) is 12.4 Å². The number of fused-ring (bicyclic) bond motifs is 1. The summed E-state index contributed by atoms with van der Waals surface area (Å²) >= 11 is 3.51. The van der Waals surface area contributed by atoms with Crippen molar-refractivity contribution in [2.75, 3.05) is 0 Å². The molecule has 2 aromatic carbocycles. The number of para-hydroxylation sites is 2. The highest BCUT2D eigenvalue weighted by Gasteiger charge is 2.07. The van der Waals surface area contributed by atoms with E-state index < -0.39 is 0 Å².